The van der Waals surface area contributed by atoms with Crippen LogP contribution in [0.3, 0.4) is 0 Å². The van der Waals surface area contributed by atoms with Gasteiger partial charge in [0.05, 0.1) is 0 Å². The summed E-state index contributed by atoms with van der Waals surface area (Å²) in [6, 6.07) is 0. The maximum Gasteiger partial charge on any atom is 0.0379 e. The van der Waals surface area contributed by atoms with E-state index < -0.39 is 0 Å². The van der Waals surface area contributed by atoms with Gasteiger partial charge in [-0.3, -0.25) is 6.08 Å². The van der Waals surface area contributed by atoms with Crippen molar-refractivity contribution in [2.75, 3.05) is 0 Å². The number of allylic oxidation sites excluding steroid dienone is 8. The van der Waals surface area contributed by atoms with Gasteiger partial charge < -0.3 is 0 Å². The van der Waals surface area contributed by atoms with Crippen LogP contribution in [0.15, 0.2) is 42.5 Å². The minimum atomic E-state index is 0. The van der Waals surface area contributed by atoms with E-state index >= 15 is 0 Å². The summed E-state index contributed by atoms with van der Waals surface area (Å²) in [5.41, 5.74) is 0. The Morgan fingerprint density at radius 1 is 0.778 bits per heavy atom. The summed E-state index contributed by atoms with van der Waals surface area (Å²) in [6.45, 7) is 6.81. The first-order chi connectivity index (χ1) is 8.23. The Hall–Kier alpha value is -0.317. The van der Waals surface area contributed by atoms with E-state index in [1.165, 1.54) is 25.7 Å². The molecule has 0 N–H and O–H groups in total. The minimum Gasteiger partial charge on any atom is -0.273 e. The van der Waals surface area contributed by atoms with Crippen LogP contribution < -0.4 is 0 Å². The topological polar surface area (TPSA) is 0 Å². The number of hydrogen-bond acceptors (Lipinski definition) is 0. The molecule has 2 radical (unpaired) electrons. The van der Waals surface area contributed by atoms with E-state index in [-0.39, 0.29) is 25.6 Å². The molecule has 2 heteroatoms. The third-order valence-electron chi connectivity index (χ3n) is 1.92. The number of hydrogen-bond donors (Lipinski definition) is 0. The average Bonchev–Trinajstić information content (AvgIpc) is 2.72. The Bertz CT molecular complexity index is 224. The van der Waals surface area contributed by atoms with E-state index in [0.29, 0.717) is 0 Å². The largest absolute Gasteiger partial charge is 0.273 e. The average molecular weight is 305 g/mol. The predicted octanol–water partition coefficient (Wildman–Crippen LogP) is 5.35. The summed E-state index contributed by atoms with van der Waals surface area (Å²) in [5.74, 6) is 0. The summed E-state index contributed by atoms with van der Waals surface area (Å²) in [7, 11) is 0.120. The quantitative estimate of drug-likeness (QED) is 0.322. The van der Waals surface area contributed by atoms with Crippen LogP contribution in [0.4, 0.5) is 0 Å². The first-order valence-corrected chi connectivity index (χ1v) is 9.52. The van der Waals surface area contributed by atoms with Gasteiger partial charge >= 0.3 is 0 Å². The zero-order chi connectivity index (χ0) is 12.8. The predicted molar refractivity (Wildman–Crippen MR) is 81.7 cm³/mol. The van der Waals surface area contributed by atoms with Crippen molar-refractivity contribution in [2.45, 2.75) is 51.7 Å². The van der Waals surface area contributed by atoms with Crippen LogP contribution in [0.2, 0.25) is 19.6 Å². The maximum absolute atomic E-state index is 2.99. The molecule has 2 rings (SSSR count). The summed E-state index contributed by atoms with van der Waals surface area (Å²) in [6.07, 6.45) is 24.0. The van der Waals surface area contributed by atoms with E-state index in [0.717, 1.165) is 6.42 Å². The monoisotopic (exact) mass is 305 g/mol. The zero-order valence-electron chi connectivity index (χ0n) is 11.9. The van der Waals surface area contributed by atoms with E-state index in [2.05, 4.69) is 56.1 Å². The van der Waals surface area contributed by atoms with Gasteiger partial charge in [-0.25, -0.2) is 12.2 Å². The van der Waals surface area contributed by atoms with E-state index in [1.807, 2.05) is 12.2 Å². The molecule has 0 heterocycles. The second kappa shape index (κ2) is 16.7. The molecule has 0 aromatic rings. The minimum absolute atomic E-state index is 0. The van der Waals surface area contributed by atoms with Crippen LogP contribution in [0.5, 0.6) is 0 Å². The molecule has 0 fully saturated rings. The number of rotatable bonds is 0. The van der Waals surface area contributed by atoms with Gasteiger partial charge in [0.25, 0.3) is 0 Å². The molecule has 104 valence electrons. The SMILES string of the molecule is C1=CCC/C=C\CC1.C[Si](C)C.[C-]1=CC=CC1.[Co]. The van der Waals surface area contributed by atoms with Crippen molar-refractivity contribution in [1.82, 2.24) is 0 Å². The Morgan fingerprint density at radius 2 is 1.17 bits per heavy atom. The zero-order valence-corrected chi connectivity index (χ0v) is 14.0. The van der Waals surface area contributed by atoms with Gasteiger partial charge in [0, 0.05) is 25.6 Å². The van der Waals surface area contributed by atoms with Gasteiger partial charge in [-0.2, -0.15) is 6.08 Å². The van der Waals surface area contributed by atoms with Crippen molar-refractivity contribution in [3.8, 4) is 0 Å². The second-order valence-electron chi connectivity index (χ2n) is 4.60. The molecule has 0 amide bonds. The fourth-order valence-corrected chi connectivity index (χ4v) is 1.20. The second-order valence-corrected chi connectivity index (χ2v) is 7.60. The van der Waals surface area contributed by atoms with Crippen molar-refractivity contribution < 1.29 is 16.8 Å². The first-order valence-electron chi connectivity index (χ1n) is 6.52. The summed E-state index contributed by atoms with van der Waals surface area (Å²) >= 11 is 0. The first kappa shape index (κ1) is 20.0. The molecule has 0 atom stereocenters. The van der Waals surface area contributed by atoms with Gasteiger partial charge in [-0.05, 0) is 25.7 Å². The maximum atomic E-state index is 2.99. The molecule has 0 bridgehead atoms. The molecule has 0 aromatic heterocycles. The Morgan fingerprint density at radius 3 is 1.33 bits per heavy atom. The van der Waals surface area contributed by atoms with Gasteiger partial charge in [0.1, 0.15) is 0 Å². The molecule has 18 heavy (non-hydrogen) atoms. The van der Waals surface area contributed by atoms with Gasteiger partial charge in [-0.1, -0.05) is 43.9 Å². The Kier molecular flexibility index (Phi) is 18.5. The van der Waals surface area contributed by atoms with Crippen molar-refractivity contribution in [2.24, 2.45) is 0 Å². The van der Waals surface area contributed by atoms with Crippen LogP contribution in [-0.4, -0.2) is 8.80 Å². The summed E-state index contributed by atoms with van der Waals surface area (Å²) in [5, 5.41) is 0. The summed E-state index contributed by atoms with van der Waals surface area (Å²) < 4.78 is 0. The fraction of sp³-hybridized carbons (Fsp3) is 0.500. The molecule has 2 aliphatic rings. The van der Waals surface area contributed by atoms with Crippen LogP contribution in [0, 0.1) is 6.08 Å². The molecular formula is C16H26CoSi-. The molecule has 0 unspecified atom stereocenters. The molecule has 0 nitrogen and oxygen atoms in total. The van der Waals surface area contributed by atoms with Crippen molar-refractivity contribution in [3.05, 3.63) is 48.6 Å². The van der Waals surface area contributed by atoms with Crippen molar-refractivity contribution >= 4 is 8.80 Å². The molecule has 2 aliphatic carbocycles. The third kappa shape index (κ3) is 21.0. The molecule has 0 aliphatic heterocycles. The Labute approximate surface area is 126 Å². The normalized spacial score (nSPS) is 17.6. The van der Waals surface area contributed by atoms with Gasteiger partial charge in [0.2, 0.25) is 0 Å². The summed E-state index contributed by atoms with van der Waals surface area (Å²) in [4.78, 5) is 0. The molecule has 0 spiro atoms. The molecular weight excluding hydrogens is 279 g/mol. The molecule has 0 saturated carbocycles. The third-order valence-corrected chi connectivity index (χ3v) is 1.92. The molecule has 0 aromatic carbocycles. The van der Waals surface area contributed by atoms with Crippen LogP contribution >= 0.6 is 0 Å². The van der Waals surface area contributed by atoms with Crippen LogP contribution in [0.25, 0.3) is 0 Å². The smallest absolute Gasteiger partial charge is 0.0379 e. The van der Waals surface area contributed by atoms with Gasteiger partial charge in [0.15, 0.2) is 0 Å². The fourth-order valence-electron chi connectivity index (χ4n) is 1.20. The van der Waals surface area contributed by atoms with Crippen molar-refractivity contribution in [1.29, 1.82) is 0 Å². The van der Waals surface area contributed by atoms with E-state index in [4.69, 9.17) is 0 Å². The van der Waals surface area contributed by atoms with Gasteiger partial charge in [-0.15, -0.1) is 6.42 Å². The Balaban J connectivity index is 0. The van der Waals surface area contributed by atoms with Crippen LogP contribution in [-0.2, 0) is 16.8 Å². The van der Waals surface area contributed by atoms with E-state index in [1.54, 1.807) is 0 Å². The standard InChI is InChI=1S/C8H12.C5H5.C3H9Si.Co/c1-2-4-6-8-7-5-3-1;1-2-4-5-3-1;1-4(2)3;/h1-2,7-8H,3-6H2;1-3H,4H2;1-3H3;/q;-1;;/b2-1-,8-7?;;;. The molecule has 0 saturated heterocycles. The van der Waals surface area contributed by atoms with E-state index in [9.17, 15) is 0 Å². The van der Waals surface area contributed by atoms with Crippen molar-refractivity contribution in [3.63, 3.8) is 0 Å². The van der Waals surface area contributed by atoms with Crippen LogP contribution in [0.1, 0.15) is 32.1 Å².